The summed E-state index contributed by atoms with van der Waals surface area (Å²) in [5.41, 5.74) is 1.23. The molecule has 0 aromatic carbocycles. The quantitative estimate of drug-likeness (QED) is 0.803. The Morgan fingerprint density at radius 3 is 2.88 bits per heavy atom. The first-order valence-electron chi connectivity index (χ1n) is 5.38. The van der Waals surface area contributed by atoms with Crippen molar-refractivity contribution in [1.82, 2.24) is 4.98 Å². The Kier molecular flexibility index (Phi) is 4.46. The summed E-state index contributed by atoms with van der Waals surface area (Å²) in [5, 5.41) is 12.1. The maximum atomic E-state index is 11.4. The number of rotatable bonds is 4. The Bertz CT molecular complexity index is 464. The monoisotopic (exact) mass is 233 g/mol. The van der Waals surface area contributed by atoms with Gasteiger partial charge in [-0.2, -0.15) is 5.26 Å². The molecule has 0 saturated heterocycles. The normalized spacial score (nSPS) is 9.53. The van der Waals surface area contributed by atoms with Crippen LogP contribution < -0.4 is 5.32 Å². The molecule has 0 amide bonds. The van der Waals surface area contributed by atoms with Gasteiger partial charge in [0.1, 0.15) is 11.9 Å². The zero-order chi connectivity index (χ0) is 12.8. The van der Waals surface area contributed by atoms with Crippen LogP contribution in [-0.2, 0) is 4.74 Å². The topological polar surface area (TPSA) is 75.0 Å². The number of pyridine rings is 1. The molecule has 0 fully saturated rings. The van der Waals surface area contributed by atoms with E-state index >= 15 is 0 Å². The van der Waals surface area contributed by atoms with Crippen LogP contribution in [0.25, 0.3) is 0 Å². The average Bonchev–Trinajstić information content (AvgIpc) is 2.35. The van der Waals surface area contributed by atoms with Crippen LogP contribution in [0.4, 0.5) is 5.82 Å². The van der Waals surface area contributed by atoms with Crippen molar-refractivity contribution in [2.24, 2.45) is 0 Å². The van der Waals surface area contributed by atoms with Gasteiger partial charge >= 0.3 is 5.97 Å². The van der Waals surface area contributed by atoms with Gasteiger partial charge in [-0.1, -0.05) is 6.92 Å². The number of hydrogen-bond acceptors (Lipinski definition) is 5. The highest BCUT2D eigenvalue weighted by Crippen LogP contribution is 2.17. The van der Waals surface area contributed by atoms with Crippen LogP contribution >= 0.6 is 0 Å². The highest BCUT2D eigenvalue weighted by Gasteiger charge is 2.14. The molecule has 1 N–H and O–H groups in total. The Morgan fingerprint density at radius 1 is 1.65 bits per heavy atom. The number of nitrogens with zero attached hydrogens (tertiary/aromatic N) is 2. The van der Waals surface area contributed by atoms with Crippen LogP contribution in [0.1, 0.15) is 35.0 Å². The van der Waals surface area contributed by atoms with Gasteiger partial charge in [0.2, 0.25) is 0 Å². The van der Waals surface area contributed by atoms with E-state index in [-0.39, 0.29) is 0 Å². The van der Waals surface area contributed by atoms with Crippen molar-refractivity contribution in [1.29, 1.82) is 5.26 Å². The van der Waals surface area contributed by atoms with Gasteiger partial charge in [-0.3, -0.25) is 0 Å². The molecule has 0 radical (unpaired) electrons. The fraction of sp³-hybridized carbons (Fsp3) is 0.417. The minimum atomic E-state index is -0.478. The SMILES string of the molecule is CCCNc1nc(C)c(C(=O)OC)cc1C#N. The summed E-state index contributed by atoms with van der Waals surface area (Å²) < 4.78 is 4.63. The van der Waals surface area contributed by atoms with E-state index in [0.717, 1.165) is 13.0 Å². The predicted molar refractivity (Wildman–Crippen MR) is 63.8 cm³/mol. The summed E-state index contributed by atoms with van der Waals surface area (Å²) in [4.78, 5) is 15.7. The lowest BCUT2D eigenvalue weighted by molar-refractivity contribution is 0.0599. The summed E-state index contributed by atoms with van der Waals surface area (Å²) in [5.74, 6) is 0.0352. The van der Waals surface area contributed by atoms with Crippen molar-refractivity contribution in [3.8, 4) is 6.07 Å². The van der Waals surface area contributed by atoms with Crippen molar-refractivity contribution in [2.45, 2.75) is 20.3 Å². The standard InChI is InChI=1S/C12H15N3O2/c1-4-5-14-11-9(7-13)6-10(8(2)15-11)12(16)17-3/h6H,4-5H2,1-3H3,(H,14,15). The van der Waals surface area contributed by atoms with Crippen LogP contribution in [0.5, 0.6) is 0 Å². The van der Waals surface area contributed by atoms with Crippen molar-refractivity contribution in [2.75, 3.05) is 19.0 Å². The molecule has 1 heterocycles. The summed E-state index contributed by atoms with van der Waals surface area (Å²) in [6.07, 6.45) is 0.935. The Morgan fingerprint density at radius 2 is 2.35 bits per heavy atom. The third kappa shape index (κ3) is 2.94. The summed E-state index contributed by atoms with van der Waals surface area (Å²) >= 11 is 0. The third-order valence-corrected chi connectivity index (χ3v) is 2.28. The van der Waals surface area contributed by atoms with Crippen molar-refractivity contribution in [3.05, 3.63) is 22.9 Å². The van der Waals surface area contributed by atoms with E-state index in [0.29, 0.717) is 22.6 Å². The van der Waals surface area contributed by atoms with Crippen LogP contribution in [0.2, 0.25) is 0 Å². The molecule has 5 heteroatoms. The molecule has 1 aromatic rings. The number of hydrogen-bond donors (Lipinski definition) is 1. The number of carbonyl (C=O) groups is 1. The number of anilines is 1. The molecule has 0 saturated carbocycles. The molecule has 0 aliphatic carbocycles. The summed E-state index contributed by atoms with van der Waals surface area (Å²) in [6, 6.07) is 3.52. The second kappa shape index (κ2) is 5.85. The zero-order valence-corrected chi connectivity index (χ0v) is 10.2. The van der Waals surface area contributed by atoms with Gasteiger partial charge in [0.15, 0.2) is 0 Å². The third-order valence-electron chi connectivity index (χ3n) is 2.28. The first kappa shape index (κ1) is 13.0. The van der Waals surface area contributed by atoms with Crippen molar-refractivity contribution in [3.63, 3.8) is 0 Å². The Labute approximate surface area is 100 Å². The second-order valence-corrected chi connectivity index (χ2v) is 3.55. The minimum absolute atomic E-state index is 0.325. The molecule has 0 bridgehead atoms. The Balaban J connectivity index is 3.16. The molecule has 0 aliphatic rings. The number of esters is 1. The molecule has 0 unspecified atom stereocenters. The van der Waals surface area contributed by atoms with Crippen LogP contribution in [-0.4, -0.2) is 24.6 Å². The van der Waals surface area contributed by atoms with Gasteiger partial charge in [-0.05, 0) is 19.4 Å². The number of aryl methyl sites for hydroxylation is 1. The molecular formula is C12H15N3O2. The minimum Gasteiger partial charge on any atom is -0.465 e. The highest BCUT2D eigenvalue weighted by atomic mass is 16.5. The highest BCUT2D eigenvalue weighted by molar-refractivity contribution is 5.91. The largest absolute Gasteiger partial charge is 0.465 e. The summed E-state index contributed by atoms with van der Waals surface area (Å²) in [7, 11) is 1.30. The lowest BCUT2D eigenvalue weighted by Gasteiger charge is -2.09. The Hall–Kier alpha value is -2.09. The second-order valence-electron chi connectivity index (χ2n) is 3.55. The molecule has 0 spiro atoms. The number of carbonyl (C=O) groups excluding carboxylic acids is 1. The summed E-state index contributed by atoms with van der Waals surface area (Å²) in [6.45, 7) is 4.47. The van der Waals surface area contributed by atoms with E-state index in [1.165, 1.54) is 13.2 Å². The van der Waals surface area contributed by atoms with Gasteiger partial charge < -0.3 is 10.1 Å². The van der Waals surface area contributed by atoms with Crippen LogP contribution in [0.3, 0.4) is 0 Å². The molecule has 1 rings (SSSR count). The molecule has 5 nitrogen and oxygen atoms in total. The van der Waals surface area contributed by atoms with E-state index in [4.69, 9.17) is 5.26 Å². The number of ether oxygens (including phenoxy) is 1. The molecule has 17 heavy (non-hydrogen) atoms. The molecular weight excluding hydrogens is 218 g/mol. The van der Waals surface area contributed by atoms with E-state index < -0.39 is 5.97 Å². The molecule has 0 aliphatic heterocycles. The van der Waals surface area contributed by atoms with E-state index in [1.807, 2.05) is 13.0 Å². The first-order valence-corrected chi connectivity index (χ1v) is 5.38. The van der Waals surface area contributed by atoms with Crippen LogP contribution in [0, 0.1) is 18.3 Å². The lowest BCUT2D eigenvalue weighted by Crippen LogP contribution is -2.10. The average molecular weight is 233 g/mol. The van der Waals surface area contributed by atoms with E-state index in [2.05, 4.69) is 15.0 Å². The number of nitrogens with one attached hydrogen (secondary N) is 1. The molecule has 90 valence electrons. The zero-order valence-electron chi connectivity index (χ0n) is 10.2. The molecule has 0 atom stereocenters. The maximum absolute atomic E-state index is 11.4. The van der Waals surface area contributed by atoms with Crippen LogP contribution in [0.15, 0.2) is 6.07 Å². The number of nitriles is 1. The lowest BCUT2D eigenvalue weighted by atomic mass is 10.1. The van der Waals surface area contributed by atoms with Gasteiger partial charge in [0.25, 0.3) is 0 Å². The molecule has 1 aromatic heterocycles. The maximum Gasteiger partial charge on any atom is 0.339 e. The van der Waals surface area contributed by atoms with E-state index in [9.17, 15) is 4.79 Å². The fourth-order valence-electron chi connectivity index (χ4n) is 1.39. The number of methoxy groups -OCH3 is 1. The van der Waals surface area contributed by atoms with Crippen molar-refractivity contribution >= 4 is 11.8 Å². The van der Waals surface area contributed by atoms with E-state index in [1.54, 1.807) is 6.92 Å². The smallest absolute Gasteiger partial charge is 0.339 e. The van der Waals surface area contributed by atoms with Gasteiger partial charge in [-0.15, -0.1) is 0 Å². The van der Waals surface area contributed by atoms with Gasteiger partial charge in [0, 0.05) is 6.54 Å². The van der Waals surface area contributed by atoms with Gasteiger partial charge in [0.05, 0.1) is 23.9 Å². The number of aromatic nitrogens is 1. The van der Waals surface area contributed by atoms with Gasteiger partial charge in [-0.25, -0.2) is 9.78 Å². The fourth-order valence-corrected chi connectivity index (χ4v) is 1.39. The van der Waals surface area contributed by atoms with Crippen molar-refractivity contribution < 1.29 is 9.53 Å². The first-order chi connectivity index (χ1) is 8.13. The predicted octanol–water partition coefficient (Wildman–Crippen LogP) is 1.87.